The SMILES string of the molecule is Cc1nc2sccn2c1CC[C@H](C)N. The molecule has 0 aromatic carbocycles. The minimum absolute atomic E-state index is 0.263. The first kappa shape index (κ1) is 9.68. The van der Waals surface area contributed by atoms with Gasteiger partial charge >= 0.3 is 0 Å². The maximum atomic E-state index is 5.75. The molecular weight excluding hydrogens is 194 g/mol. The summed E-state index contributed by atoms with van der Waals surface area (Å²) in [6.45, 7) is 4.11. The van der Waals surface area contributed by atoms with Gasteiger partial charge in [0.15, 0.2) is 4.96 Å². The van der Waals surface area contributed by atoms with Crippen LogP contribution in [0.2, 0.25) is 0 Å². The van der Waals surface area contributed by atoms with Crippen LogP contribution < -0.4 is 5.73 Å². The lowest BCUT2D eigenvalue weighted by atomic mass is 10.1. The zero-order valence-corrected chi connectivity index (χ0v) is 9.34. The van der Waals surface area contributed by atoms with Crippen molar-refractivity contribution in [2.24, 2.45) is 5.73 Å². The Balaban J connectivity index is 2.29. The summed E-state index contributed by atoms with van der Waals surface area (Å²) in [5.74, 6) is 0. The fourth-order valence-corrected chi connectivity index (χ4v) is 2.38. The van der Waals surface area contributed by atoms with Crippen molar-refractivity contribution in [3.63, 3.8) is 0 Å². The summed E-state index contributed by atoms with van der Waals surface area (Å²) in [6, 6.07) is 0.263. The second kappa shape index (κ2) is 3.71. The molecule has 2 rings (SSSR count). The molecule has 0 aliphatic rings. The minimum atomic E-state index is 0.263. The van der Waals surface area contributed by atoms with E-state index in [4.69, 9.17) is 5.73 Å². The summed E-state index contributed by atoms with van der Waals surface area (Å²) < 4.78 is 2.17. The van der Waals surface area contributed by atoms with Gasteiger partial charge in [0.05, 0.1) is 5.69 Å². The molecule has 3 nitrogen and oxygen atoms in total. The Bertz CT molecular complexity index is 427. The number of aromatic nitrogens is 2. The number of imidazole rings is 1. The van der Waals surface area contributed by atoms with E-state index in [0.717, 1.165) is 23.5 Å². The maximum absolute atomic E-state index is 5.75. The van der Waals surface area contributed by atoms with E-state index in [2.05, 4.69) is 27.9 Å². The summed E-state index contributed by atoms with van der Waals surface area (Å²) in [5.41, 5.74) is 8.19. The Labute approximate surface area is 87.6 Å². The van der Waals surface area contributed by atoms with Crippen molar-refractivity contribution in [3.8, 4) is 0 Å². The molecule has 0 radical (unpaired) electrons. The number of hydrogen-bond acceptors (Lipinski definition) is 3. The van der Waals surface area contributed by atoms with E-state index in [1.54, 1.807) is 11.3 Å². The molecule has 2 N–H and O–H groups in total. The van der Waals surface area contributed by atoms with Gasteiger partial charge in [-0.3, -0.25) is 4.40 Å². The van der Waals surface area contributed by atoms with Crippen LogP contribution in [0.25, 0.3) is 4.96 Å². The van der Waals surface area contributed by atoms with Gasteiger partial charge in [-0.15, -0.1) is 11.3 Å². The van der Waals surface area contributed by atoms with Crippen molar-refractivity contribution in [3.05, 3.63) is 23.0 Å². The van der Waals surface area contributed by atoms with E-state index in [-0.39, 0.29) is 6.04 Å². The standard InChI is InChI=1S/C10H15N3S/c1-7(11)3-4-9-8(2)12-10-13(9)5-6-14-10/h5-7H,3-4,11H2,1-2H3/t7-/m0/s1. The third kappa shape index (κ3) is 1.67. The van der Waals surface area contributed by atoms with Gasteiger partial charge in [0, 0.05) is 23.3 Å². The number of nitrogens with two attached hydrogens (primary N) is 1. The van der Waals surface area contributed by atoms with Gasteiger partial charge in [-0.25, -0.2) is 4.98 Å². The first-order chi connectivity index (χ1) is 6.68. The largest absolute Gasteiger partial charge is 0.328 e. The molecule has 14 heavy (non-hydrogen) atoms. The molecule has 2 aromatic rings. The van der Waals surface area contributed by atoms with Crippen LogP contribution in [0.4, 0.5) is 0 Å². The Hall–Kier alpha value is -0.870. The highest BCUT2D eigenvalue weighted by Crippen LogP contribution is 2.18. The van der Waals surface area contributed by atoms with E-state index in [1.165, 1.54) is 5.69 Å². The molecule has 2 heterocycles. The topological polar surface area (TPSA) is 43.3 Å². The highest BCUT2D eigenvalue weighted by Gasteiger charge is 2.09. The average Bonchev–Trinajstić information content (AvgIpc) is 2.61. The van der Waals surface area contributed by atoms with Crippen molar-refractivity contribution in [1.29, 1.82) is 0 Å². The molecular formula is C10H15N3S. The molecule has 1 atom stereocenters. The molecule has 76 valence electrons. The molecule has 0 aliphatic carbocycles. The molecule has 0 spiro atoms. The van der Waals surface area contributed by atoms with Gasteiger partial charge in [-0.2, -0.15) is 0 Å². The second-order valence-corrected chi connectivity index (χ2v) is 4.59. The van der Waals surface area contributed by atoms with Gasteiger partial charge in [0.25, 0.3) is 0 Å². The molecule has 0 saturated heterocycles. The van der Waals surface area contributed by atoms with E-state index >= 15 is 0 Å². The number of fused-ring (bicyclic) bond motifs is 1. The monoisotopic (exact) mass is 209 g/mol. The molecule has 2 aromatic heterocycles. The smallest absolute Gasteiger partial charge is 0.194 e. The molecule has 0 unspecified atom stereocenters. The van der Waals surface area contributed by atoms with E-state index in [0.29, 0.717) is 0 Å². The van der Waals surface area contributed by atoms with Crippen LogP contribution in [-0.2, 0) is 6.42 Å². The summed E-state index contributed by atoms with van der Waals surface area (Å²) in [4.78, 5) is 5.58. The van der Waals surface area contributed by atoms with Gasteiger partial charge in [0.1, 0.15) is 0 Å². The normalized spacial score (nSPS) is 13.6. The Morgan fingerprint density at radius 3 is 3.14 bits per heavy atom. The second-order valence-electron chi connectivity index (χ2n) is 3.72. The summed E-state index contributed by atoms with van der Waals surface area (Å²) >= 11 is 1.68. The Morgan fingerprint density at radius 2 is 2.43 bits per heavy atom. The van der Waals surface area contributed by atoms with Crippen LogP contribution in [0.1, 0.15) is 24.7 Å². The van der Waals surface area contributed by atoms with Crippen molar-refractivity contribution in [2.45, 2.75) is 32.7 Å². The molecule has 0 saturated carbocycles. The minimum Gasteiger partial charge on any atom is -0.328 e. The van der Waals surface area contributed by atoms with Gasteiger partial charge in [0.2, 0.25) is 0 Å². The Morgan fingerprint density at radius 1 is 1.64 bits per heavy atom. The third-order valence-electron chi connectivity index (χ3n) is 2.40. The first-order valence-corrected chi connectivity index (χ1v) is 5.73. The summed E-state index contributed by atoms with van der Waals surface area (Å²) in [7, 11) is 0. The third-order valence-corrected chi connectivity index (χ3v) is 3.15. The molecule has 0 aliphatic heterocycles. The summed E-state index contributed by atoms with van der Waals surface area (Å²) in [6.07, 6.45) is 4.11. The molecule has 4 heteroatoms. The predicted octanol–water partition coefficient (Wildman–Crippen LogP) is 1.98. The highest BCUT2D eigenvalue weighted by atomic mass is 32.1. The van der Waals surface area contributed by atoms with Crippen LogP contribution in [0, 0.1) is 6.92 Å². The lowest BCUT2D eigenvalue weighted by Crippen LogP contribution is -2.16. The van der Waals surface area contributed by atoms with Crippen molar-refractivity contribution in [1.82, 2.24) is 9.38 Å². The zero-order chi connectivity index (χ0) is 10.1. The maximum Gasteiger partial charge on any atom is 0.194 e. The molecule has 0 fully saturated rings. The van der Waals surface area contributed by atoms with Crippen LogP contribution in [-0.4, -0.2) is 15.4 Å². The molecule has 0 amide bonds. The zero-order valence-electron chi connectivity index (χ0n) is 8.53. The Kier molecular flexibility index (Phi) is 2.56. The van der Waals surface area contributed by atoms with Gasteiger partial charge in [-0.05, 0) is 26.7 Å². The van der Waals surface area contributed by atoms with Crippen LogP contribution in [0.3, 0.4) is 0 Å². The van der Waals surface area contributed by atoms with E-state index in [1.807, 2.05) is 6.92 Å². The fraction of sp³-hybridized carbons (Fsp3) is 0.500. The number of nitrogens with zero attached hydrogens (tertiary/aromatic N) is 2. The first-order valence-electron chi connectivity index (χ1n) is 4.85. The lowest BCUT2D eigenvalue weighted by molar-refractivity contribution is 0.654. The van der Waals surface area contributed by atoms with Crippen molar-refractivity contribution >= 4 is 16.3 Å². The van der Waals surface area contributed by atoms with E-state index < -0.39 is 0 Å². The van der Waals surface area contributed by atoms with Crippen molar-refractivity contribution < 1.29 is 0 Å². The lowest BCUT2D eigenvalue weighted by Gasteiger charge is -2.04. The van der Waals surface area contributed by atoms with Crippen LogP contribution in [0.5, 0.6) is 0 Å². The molecule has 0 bridgehead atoms. The van der Waals surface area contributed by atoms with Gasteiger partial charge < -0.3 is 5.73 Å². The fourth-order valence-electron chi connectivity index (χ4n) is 1.61. The van der Waals surface area contributed by atoms with Crippen molar-refractivity contribution in [2.75, 3.05) is 0 Å². The number of thiazole rings is 1. The van der Waals surface area contributed by atoms with E-state index in [9.17, 15) is 0 Å². The van der Waals surface area contributed by atoms with Crippen LogP contribution in [0.15, 0.2) is 11.6 Å². The number of rotatable bonds is 3. The average molecular weight is 209 g/mol. The number of hydrogen-bond donors (Lipinski definition) is 1. The quantitative estimate of drug-likeness (QED) is 0.840. The predicted molar refractivity (Wildman–Crippen MR) is 59.8 cm³/mol. The van der Waals surface area contributed by atoms with Gasteiger partial charge in [-0.1, -0.05) is 0 Å². The highest BCUT2D eigenvalue weighted by molar-refractivity contribution is 7.15. The van der Waals surface area contributed by atoms with Crippen LogP contribution >= 0.6 is 11.3 Å². The number of aryl methyl sites for hydroxylation is 2. The summed E-state index contributed by atoms with van der Waals surface area (Å²) in [5, 5.41) is 2.07.